The normalized spacial score (nSPS) is 10.7. The van der Waals surface area contributed by atoms with Gasteiger partial charge >= 0.3 is 0 Å². The van der Waals surface area contributed by atoms with Gasteiger partial charge in [0.2, 0.25) is 0 Å². The summed E-state index contributed by atoms with van der Waals surface area (Å²) in [4.78, 5) is 2.03. The highest BCUT2D eigenvalue weighted by Crippen LogP contribution is 2.45. The minimum absolute atomic E-state index is 0.167. The van der Waals surface area contributed by atoms with Gasteiger partial charge < -0.3 is 25.0 Å². The summed E-state index contributed by atoms with van der Waals surface area (Å²) < 4.78 is 6.20. The molecule has 5 nitrogen and oxygen atoms in total. The molecule has 0 aromatic heterocycles. The summed E-state index contributed by atoms with van der Waals surface area (Å²) in [5.74, 6) is 1.66. The molecule has 0 aliphatic heterocycles. The molecule has 5 heteroatoms. The Morgan fingerprint density at radius 1 is 0.594 bits per heavy atom. The minimum atomic E-state index is 0.167. The number of anilines is 3. The Labute approximate surface area is 187 Å². The van der Waals surface area contributed by atoms with E-state index in [9.17, 15) is 15.3 Å². The van der Waals surface area contributed by atoms with E-state index >= 15 is 0 Å². The molecule has 0 saturated heterocycles. The van der Waals surface area contributed by atoms with Crippen LogP contribution >= 0.6 is 0 Å². The van der Waals surface area contributed by atoms with Crippen molar-refractivity contribution in [1.82, 2.24) is 0 Å². The molecule has 4 rings (SSSR count). The Balaban J connectivity index is 1.89. The van der Waals surface area contributed by atoms with Crippen molar-refractivity contribution in [3.05, 3.63) is 95.6 Å². The van der Waals surface area contributed by atoms with Crippen LogP contribution in [0.2, 0.25) is 0 Å². The third-order valence-electron chi connectivity index (χ3n) is 5.36. The van der Waals surface area contributed by atoms with E-state index in [-0.39, 0.29) is 17.2 Å². The van der Waals surface area contributed by atoms with E-state index in [1.54, 1.807) is 36.4 Å². The minimum Gasteiger partial charge on any atom is -0.508 e. The van der Waals surface area contributed by atoms with Crippen LogP contribution in [0.5, 0.6) is 28.7 Å². The summed E-state index contributed by atoms with van der Waals surface area (Å²) in [6.45, 7) is 5.69. The number of ether oxygens (including phenoxy) is 1. The molecular weight excluding hydrogens is 402 g/mol. The summed E-state index contributed by atoms with van der Waals surface area (Å²) in [6, 6.07) is 23.2. The summed E-state index contributed by atoms with van der Waals surface area (Å²) in [5, 5.41) is 30.0. The summed E-state index contributed by atoms with van der Waals surface area (Å²) in [6.07, 6.45) is 0. The number of aromatic hydroxyl groups is 3. The van der Waals surface area contributed by atoms with Gasteiger partial charge in [-0.3, -0.25) is 0 Å². The Hall–Kier alpha value is -4.12. The van der Waals surface area contributed by atoms with Crippen LogP contribution in [0.3, 0.4) is 0 Å². The standard InChI is InChI=1S/C27H25NO4/c1-17-8-11-22(16-26(17)31)32-27-7-5-4-6-25(27)28(23-12-9-20(29)14-18(23)2)24-13-10-21(30)15-19(24)3/h4-16,29-31H,1-3H3. The van der Waals surface area contributed by atoms with Gasteiger partial charge in [0, 0.05) is 17.4 Å². The average molecular weight is 428 g/mol. The number of para-hydroxylation sites is 2. The lowest BCUT2D eigenvalue weighted by molar-refractivity contribution is 0.452. The fourth-order valence-electron chi connectivity index (χ4n) is 3.68. The predicted molar refractivity (Wildman–Crippen MR) is 127 cm³/mol. The highest BCUT2D eigenvalue weighted by atomic mass is 16.5. The number of phenols is 3. The van der Waals surface area contributed by atoms with Crippen molar-refractivity contribution in [3.63, 3.8) is 0 Å². The first-order valence-electron chi connectivity index (χ1n) is 10.3. The monoisotopic (exact) mass is 427 g/mol. The molecule has 3 N–H and O–H groups in total. The third kappa shape index (κ3) is 4.18. The average Bonchev–Trinajstić information content (AvgIpc) is 2.75. The van der Waals surface area contributed by atoms with Crippen LogP contribution < -0.4 is 9.64 Å². The van der Waals surface area contributed by atoms with Crippen molar-refractivity contribution < 1.29 is 20.1 Å². The second-order valence-electron chi connectivity index (χ2n) is 7.80. The molecule has 162 valence electrons. The van der Waals surface area contributed by atoms with Crippen molar-refractivity contribution in [2.75, 3.05) is 4.90 Å². The van der Waals surface area contributed by atoms with Crippen LogP contribution in [0.15, 0.2) is 78.9 Å². The second-order valence-corrected chi connectivity index (χ2v) is 7.80. The van der Waals surface area contributed by atoms with Crippen molar-refractivity contribution in [2.45, 2.75) is 20.8 Å². The van der Waals surface area contributed by atoms with Gasteiger partial charge in [-0.15, -0.1) is 0 Å². The lowest BCUT2D eigenvalue weighted by atomic mass is 10.1. The van der Waals surface area contributed by atoms with Gasteiger partial charge in [0.25, 0.3) is 0 Å². The molecule has 0 radical (unpaired) electrons. The Morgan fingerprint density at radius 3 is 1.75 bits per heavy atom. The van der Waals surface area contributed by atoms with Gasteiger partial charge in [0.05, 0.1) is 5.69 Å². The molecular formula is C27H25NO4. The topological polar surface area (TPSA) is 73.2 Å². The van der Waals surface area contributed by atoms with E-state index < -0.39 is 0 Å². The Morgan fingerprint density at radius 2 is 1.19 bits per heavy atom. The van der Waals surface area contributed by atoms with Crippen LogP contribution in [0, 0.1) is 20.8 Å². The maximum absolute atomic E-state index is 10.1. The SMILES string of the molecule is Cc1ccc(Oc2ccccc2N(c2ccc(O)cc2C)c2ccc(O)cc2C)cc1O. The molecule has 0 fully saturated rings. The molecule has 0 amide bonds. The van der Waals surface area contributed by atoms with E-state index in [0.29, 0.717) is 11.5 Å². The zero-order valence-electron chi connectivity index (χ0n) is 18.2. The van der Waals surface area contributed by atoms with Crippen LogP contribution in [-0.2, 0) is 0 Å². The first kappa shape index (κ1) is 21.1. The zero-order valence-corrected chi connectivity index (χ0v) is 18.2. The van der Waals surface area contributed by atoms with E-state index in [4.69, 9.17) is 4.74 Å². The quantitative estimate of drug-likeness (QED) is 0.320. The molecule has 0 unspecified atom stereocenters. The summed E-state index contributed by atoms with van der Waals surface area (Å²) >= 11 is 0. The molecule has 4 aromatic rings. The van der Waals surface area contributed by atoms with Gasteiger partial charge in [-0.25, -0.2) is 0 Å². The Bertz CT molecular complexity index is 1230. The smallest absolute Gasteiger partial charge is 0.151 e. The van der Waals surface area contributed by atoms with Crippen molar-refractivity contribution >= 4 is 17.1 Å². The van der Waals surface area contributed by atoms with E-state index in [1.807, 2.05) is 68.1 Å². The molecule has 0 bridgehead atoms. The van der Waals surface area contributed by atoms with E-state index in [2.05, 4.69) is 0 Å². The number of hydrogen-bond acceptors (Lipinski definition) is 5. The first-order valence-corrected chi connectivity index (χ1v) is 10.3. The third-order valence-corrected chi connectivity index (χ3v) is 5.36. The number of aryl methyl sites for hydroxylation is 3. The number of benzene rings is 4. The molecule has 0 spiro atoms. The molecule has 0 aliphatic carbocycles. The van der Waals surface area contributed by atoms with Gasteiger partial charge in [0.1, 0.15) is 23.0 Å². The fraction of sp³-hybridized carbons (Fsp3) is 0.111. The maximum atomic E-state index is 10.1. The van der Waals surface area contributed by atoms with Crippen molar-refractivity contribution in [3.8, 4) is 28.7 Å². The molecule has 0 aliphatic rings. The number of nitrogens with zero attached hydrogens (tertiary/aromatic N) is 1. The van der Waals surface area contributed by atoms with Gasteiger partial charge in [-0.05, 0) is 92.1 Å². The predicted octanol–water partition coefficient (Wildman–Crippen LogP) is 6.99. The molecule has 0 atom stereocenters. The molecule has 32 heavy (non-hydrogen) atoms. The van der Waals surface area contributed by atoms with Crippen LogP contribution in [0.25, 0.3) is 0 Å². The molecule has 0 heterocycles. The highest BCUT2D eigenvalue weighted by Gasteiger charge is 2.21. The molecule has 0 saturated carbocycles. The van der Waals surface area contributed by atoms with Gasteiger partial charge in [-0.1, -0.05) is 18.2 Å². The number of phenolic OH excluding ortho intramolecular Hbond substituents is 3. The van der Waals surface area contributed by atoms with E-state index in [1.165, 1.54) is 0 Å². The highest BCUT2D eigenvalue weighted by molar-refractivity contribution is 5.83. The number of rotatable bonds is 5. The van der Waals surface area contributed by atoms with Crippen molar-refractivity contribution in [1.29, 1.82) is 0 Å². The lowest BCUT2D eigenvalue weighted by Crippen LogP contribution is -2.13. The van der Waals surface area contributed by atoms with Crippen LogP contribution in [0.1, 0.15) is 16.7 Å². The second kappa shape index (κ2) is 8.55. The van der Waals surface area contributed by atoms with Crippen LogP contribution in [0.4, 0.5) is 17.1 Å². The van der Waals surface area contributed by atoms with Crippen molar-refractivity contribution in [2.24, 2.45) is 0 Å². The van der Waals surface area contributed by atoms with Gasteiger partial charge in [-0.2, -0.15) is 0 Å². The number of hydrogen-bond donors (Lipinski definition) is 3. The Kier molecular flexibility index (Phi) is 5.65. The summed E-state index contributed by atoms with van der Waals surface area (Å²) in [5.41, 5.74) is 5.01. The largest absolute Gasteiger partial charge is 0.508 e. The first-order chi connectivity index (χ1) is 15.3. The fourth-order valence-corrected chi connectivity index (χ4v) is 3.68. The van der Waals surface area contributed by atoms with E-state index in [0.717, 1.165) is 33.8 Å². The van der Waals surface area contributed by atoms with Gasteiger partial charge in [0.15, 0.2) is 5.75 Å². The van der Waals surface area contributed by atoms with Crippen LogP contribution in [-0.4, -0.2) is 15.3 Å². The maximum Gasteiger partial charge on any atom is 0.151 e. The molecule has 4 aromatic carbocycles. The summed E-state index contributed by atoms with van der Waals surface area (Å²) in [7, 11) is 0. The lowest BCUT2D eigenvalue weighted by Gasteiger charge is -2.30. The zero-order chi connectivity index (χ0) is 22.8.